The lowest BCUT2D eigenvalue weighted by molar-refractivity contribution is -0.122. The fourth-order valence-corrected chi connectivity index (χ4v) is 3.65. The number of barbiturate groups is 1. The number of anilines is 1. The van der Waals surface area contributed by atoms with Crippen LogP contribution in [0, 0.1) is 0 Å². The van der Waals surface area contributed by atoms with Crippen molar-refractivity contribution in [3.63, 3.8) is 0 Å². The molecule has 3 aromatic carbocycles. The summed E-state index contributed by atoms with van der Waals surface area (Å²) in [5.41, 5.74) is 0.689. The molecule has 1 fully saturated rings. The van der Waals surface area contributed by atoms with Crippen LogP contribution in [0.4, 0.5) is 10.5 Å². The van der Waals surface area contributed by atoms with Crippen molar-refractivity contribution >= 4 is 56.3 Å². The summed E-state index contributed by atoms with van der Waals surface area (Å²) in [7, 11) is 3.06. The molecule has 0 bridgehead atoms. The number of urea groups is 1. The van der Waals surface area contributed by atoms with Crippen molar-refractivity contribution < 1.29 is 23.9 Å². The Labute approximate surface area is 186 Å². The van der Waals surface area contributed by atoms with Crippen molar-refractivity contribution in [2.45, 2.75) is 0 Å². The average molecular weight is 481 g/mol. The maximum Gasteiger partial charge on any atom is 0.335 e. The van der Waals surface area contributed by atoms with Gasteiger partial charge in [-0.05, 0) is 59.3 Å². The molecule has 1 aliphatic heterocycles. The van der Waals surface area contributed by atoms with Gasteiger partial charge in [0.1, 0.15) is 17.1 Å². The number of carbonyl (C=O) groups excluding carboxylic acids is 3. The minimum Gasteiger partial charge on any atom is -0.497 e. The molecule has 3 aromatic rings. The molecule has 1 heterocycles. The third-order valence-corrected chi connectivity index (χ3v) is 5.45. The van der Waals surface area contributed by atoms with Crippen LogP contribution in [0.15, 0.2) is 64.6 Å². The second kappa shape index (κ2) is 8.23. The van der Waals surface area contributed by atoms with Gasteiger partial charge < -0.3 is 9.47 Å². The summed E-state index contributed by atoms with van der Waals surface area (Å²) in [6.45, 7) is 0. The smallest absolute Gasteiger partial charge is 0.335 e. The molecule has 1 aliphatic rings. The number of hydrogen-bond acceptors (Lipinski definition) is 5. The van der Waals surface area contributed by atoms with Crippen LogP contribution in [0.3, 0.4) is 0 Å². The summed E-state index contributed by atoms with van der Waals surface area (Å²) in [4.78, 5) is 39.1. The summed E-state index contributed by atoms with van der Waals surface area (Å²) in [5, 5.41) is 3.84. The van der Waals surface area contributed by atoms with Crippen LogP contribution < -0.4 is 19.7 Å². The van der Waals surface area contributed by atoms with Crippen LogP contribution >= 0.6 is 15.9 Å². The van der Waals surface area contributed by atoms with Gasteiger partial charge in [0, 0.05) is 10.0 Å². The van der Waals surface area contributed by atoms with E-state index < -0.39 is 17.8 Å². The predicted octanol–water partition coefficient (Wildman–Crippen LogP) is 4.29. The van der Waals surface area contributed by atoms with Gasteiger partial charge in [0.05, 0.1) is 19.9 Å². The summed E-state index contributed by atoms with van der Waals surface area (Å²) in [5.74, 6) is -0.407. The lowest BCUT2D eigenvalue weighted by Crippen LogP contribution is -2.54. The Hall–Kier alpha value is -3.65. The molecule has 0 atom stereocenters. The highest BCUT2D eigenvalue weighted by Gasteiger charge is 2.37. The molecule has 0 saturated carbocycles. The maximum atomic E-state index is 13.2. The zero-order valence-corrected chi connectivity index (χ0v) is 18.2. The number of carbonyl (C=O) groups is 3. The van der Waals surface area contributed by atoms with Gasteiger partial charge in [0.2, 0.25) is 0 Å². The predicted molar refractivity (Wildman–Crippen MR) is 120 cm³/mol. The number of amides is 4. The largest absolute Gasteiger partial charge is 0.497 e. The van der Waals surface area contributed by atoms with Crippen molar-refractivity contribution in [2.75, 3.05) is 19.1 Å². The zero-order chi connectivity index (χ0) is 22.1. The van der Waals surface area contributed by atoms with Crippen molar-refractivity contribution in [3.8, 4) is 11.5 Å². The van der Waals surface area contributed by atoms with E-state index in [-0.39, 0.29) is 5.57 Å². The number of fused-ring (bicyclic) bond motifs is 1. The fraction of sp³-hybridized carbons (Fsp3) is 0.0870. The van der Waals surface area contributed by atoms with Crippen LogP contribution in [0.25, 0.3) is 16.8 Å². The Balaban J connectivity index is 1.88. The van der Waals surface area contributed by atoms with Crippen LogP contribution in [-0.4, -0.2) is 32.1 Å². The van der Waals surface area contributed by atoms with E-state index in [0.29, 0.717) is 22.7 Å². The highest BCUT2D eigenvalue weighted by Crippen LogP contribution is 2.33. The van der Waals surface area contributed by atoms with E-state index in [1.165, 1.54) is 13.2 Å². The Morgan fingerprint density at radius 3 is 2.32 bits per heavy atom. The Bertz CT molecular complexity index is 1250. The first kappa shape index (κ1) is 20.6. The second-order valence-electron chi connectivity index (χ2n) is 6.70. The van der Waals surface area contributed by atoms with Gasteiger partial charge in [-0.1, -0.05) is 28.1 Å². The third kappa shape index (κ3) is 3.77. The summed E-state index contributed by atoms with van der Waals surface area (Å²) < 4.78 is 11.6. The highest BCUT2D eigenvalue weighted by molar-refractivity contribution is 9.10. The van der Waals surface area contributed by atoms with Gasteiger partial charge in [0.25, 0.3) is 11.8 Å². The van der Waals surface area contributed by atoms with Crippen molar-refractivity contribution in [1.82, 2.24) is 5.32 Å². The Morgan fingerprint density at radius 2 is 1.65 bits per heavy atom. The number of nitrogens with one attached hydrogen (secondary N) is 1. The molecule has 8 heteroatoms. The summed E-state index contributed by atoms with van der Waals surface area (Å²) >= 11 is 3.32. The first-order valence-electron chi connectivity index (χ1n) is 9.24. The number of hydrogen-bond donors (Lipinski definition) is 1. The molecule has 0 radical (unpaired) electrons. The highest BCUT2D eigenvalue weighted by atomic mass is 79.9. The lowest BCUT2D eigenvalue weighted by Gasteiger charge is -2.26. The molecule has 0 spiro atoms. The minimum atomic E-state index is -0.805. The third-order valence-electron chi connectivity index (χ3n) is 4.93. The van der Waals surface area contributed by atoms with E-state index >= 15 is 0 Å². The molecule has 156 valence electrons. The van der Waals surface area contributed by atoms with Gasteiger partial charge in [0.15, 0.2) is 0 Å². The molecular weight excluding hydrogens is 464 g/mol. The average Bonchev–Trinajstić information content (AvgIpc) is 2.77. The summed E-state index contributed by atoms with van der Waals surface area (Å²) in [6, 6.07) is 14.9. The molecule has 7 nitrogen and oxygen atoms in total. The number of ether oxygens (including phenoxy) is 2. The first-order valence-corrected chi connectivity index (χ1v) is 10.0. The van der Waals surface area contributed by atoms with Crippen LogP contribution in [0.5, 0.6) is 11.5 Å². The van der Waals surface area contributed by atoms with Crippen molar-refractivity contribution in [3.05, 3.63) is 70.2 Å². The molecule has 1 saturated heterocycles. The van der Waals surface area contributed by atoms with Gasteiger partial charge in [-0.25, -0.2) is 9.69 Å². The second-order valence-corrected chi connectivity index (χ2v) is 7.62. The number of rotatable bonds is 4. The van der Waals surface area contributed by atoms with Gasteiger partial charge in [-0.2, -0.15) is 0 Å². The lowest BCUT2D eigenvalue weighted by atomic mass is 9.99. The molecular formula is C23H17BrN2O5. The SMILES string of the molecule is COc1ccc2ccc(OC)c(/C=C3/C(=O)NC(=O)N(c4ccc(Br)cc4)C3=O)c2c1. The maximum absolute atomic E-state index is 13.2. The standard InChI is InChI=1S/C23H17BrN2O5/c1-30-16-9-3-13-4-10-20(31-2)18(17(13)11-16)12-19-21(27)25-23(29)26(22(19)28)15-7-5-14(24)6-8-15/h3-12H,1-2H3,(H,25,27,29)/b19-12-. The molecule has 0 unspecified atom stereocenters. The van der Waals surface area contributed by atoms with E-state index in [2.05, 4.69) is 21.2 Å². The van der Waals surface area contributed by atoms with E-state index in [0.717, 1.165) is 20.1 Å². The van der Waals surface area contributed by atoms with Gasteiger partial charge >= 0.3 is 6.03 Å². The molecule has 1 N–H and O–H groups in total. The number of methoxy groups -OCH3 is 2. The number of benzene rings is 3. The summed E-state index contributed by atoms with van der Waals surface area (Å²) in [6.07, 6.45) is 1.44. The van der Waals surface area contributed by atoms with Crippen molar-refractivity contribution in [1.29, 1.82) is 0 Å². The van der Waals surface area contributed by atoms with Gasteiger partial charge in [-0.15, -0.1) is 0 Å². The molecule has 31 heavy (non-hydrogen) atoms. The van der Waals surface area contributed by atoms with Crippen molar-refractivity contribution in [2.24, 2.45) is 0 Å². The monoisotopic (exact) mass is 480 g/mol. The number of halogens is 1. The molecule has 4 rings (SSSR count). The van der Waals surface area contributed by atoms with Crippen LogP contribution in [0.1, 0.15) is 5.56 Å². The van der Waals surface area contributed by atoms with Crippen LogP contribution in [0.2, 0.25) is 0 Å². The van der Waals surface area contributed by atoms with E-state index in [1.54, 1.807) is 43.5 Å². The zero-order valence-electron chi connectivity index (χ0n) is 16.6. The minimum absolute atomic E-state index is 0.184. The quantitative estimate of drug-likeness (QED) is 0.444. The number of nitrogens with zero attached hydrogens (tertiary/aromatic N) is 1. The van der Waals surface area contributed by atoms with Gasteiger partial charge in [-0.3, -0.25) is 14.9 Å². The van der Waals surface area contributed by atoms with E-state index in [4.69, 9.17) is 9.47 Å². The Kier molecular flexibility index (Phi) is 5.48. The molecule has 4 amide bonds. The normalized spacial score (nSPS) is 15.4. The van der Waals surface area contributed by atoms with E-state index in [9.17, 15) is 14.4 Å². The molecule has 0 aliphatic carbocycles. The Morgan fingerprint density at radius 1 is 0.935 bits per heavy atom. The molecule has 0 aromatic heterocycles. The first-order chi connectivity index (χ1) is 14.9. The fourth-order valence-electron chi connectivity index (χ4n) is 3.38. The van der Waals surface area contributed by atoms with Crippen LogP contribution in [-0.2, 0) is 9.59 Å². The van der Waals surface area contributed by atoms with E-state index in [1.807, 2.05) is 18.2 Å². The number of imide groups is 2. The topological polar surface area (TPSA) is 84.9 Å².